The normalized spacial score (nSPS) is 38.3. The van der Waals surface area contributed by atoms with Crippen LogP contribution in [0.4, 0.5) is 5.95 Å². The van der Waals surface area contributed by atoms with Gasteiger partial charge in [-0.3, -0.25) is 23.4 Å². The molecule has 4 heterocycles. The van der Waals surface area contributed by atoms with Crippen LogP contribution in [0.15, 0.2) is 11.1 Å². The van der Waals surface area contributed by atoms with Crippen LogP contribution in [-0.4, -0.2) is 106 Å². The van der Waals surface area contributed by atoms with Gasteiger partial charge in [-0.05, 0) is 6.92 Å². The van der Waals surface area contributed by atoms with E-state index in [4.69, 9.17) is 24.3 Å². The minimum Gasteiger partial charge on any atom is -0.388 e. The van der Waals surface area contributed by atoms with Crippen LogP contribution >= 0.6 is 7.82 Å². The Hall–Kier alpha value is -2.02. The Morgan fingerprint density at radius 1 is 1.15 bits per heavy atom. The van der Waals surface area contributed by atoms with Crippen molar-refractivity contribution in [2.24, 2.45) is 0 Å². The summed E-state index contributed by atoms with van der Waals surface area (Å²) in [4.78, 5) is 32.0. The molecule has 2 aromatic heterocycles. The van der Waals surface area contributed by atoms with Crippen LogP contribution in [0.5, 0.6) is 0 Å². The molecule has 0 amide bonds. The Bertz CT molecular complexity index is 1140. The van der Waals surface area contributed by atoms with Crippen molar-refractivity contribution in [2.75, 3.05) is 12.3 Å². The number of ether oxygens (including phenoxy) is 2. The first kappa shape index (κ1) is 25.1. The van der Waals surface area contributed by atoms with Gasteiger partial charge in [-0.25, -0.2) is 9.55 Å². The highest BCUT2D eigenvalue weighted by molar-refractivity contribution is 7.47. The van der Waals surface area contributed by atoms with E-state index in [0.29, 0.717) is 0 Å². The van der Waals surface area contributed by atoms with E-state index in [2.05, 4.69) is 15.0 Å². The molecule has 2 saturated heterocycles. The molecule has 1 unspecified atom stereocenters. The number of nitrogens with zero attached hydrogens (tertiary/aromatic N) is 3. The molecule has 4 rings (SSSR count). The van der Waals surface area contributed by atoms with E-state index < -0.39 is 75.2 Å². The zero-order chi connectivity index (χ0) is 24.9. The number of hydrogen-bond acceptors (Lipinski definition) is 14. The fourth-order valence-electron chi connectivity index (χ4n) is 3.66. The van der Waals surface area contributed by atoms with Crippen LogP contribution in [0.3, 0.4) is 0 Å². The molecule has 0 spiro atoms. The Balaban J connectivity index is 1.43. The summed E-state index contributed by atoms with van der Waals surface area (Å²) in [6.07, 6.45) is -12.5. The van der Waals surface area contributed by atoms with Crippen molar-refractivity contribution in [3.05, 3.63) is 16.7 Å². The number of imidazole rings is 1. The quantitative estimate of drug-likeness (QED) is 0.174. The number of nitrogens with two attached hydrogens (primary N) is 1. The van der Waals surface area contributed by atoms with E-state index >= 15 is 0 Å². The van der Waals surface area contributed by atoms with Gasteiger partial charge in [-0.15, -0.1) is 0 Å². The molecule has 190 valence electrons. The van der Waals surface area contributed by atoms with Crippen LogP contribution in [-0.2, 0) is 23.1 Å². The molecule has 2 aromatic rings. The maximum Gasteiger partial charge on any atom is 0.474 e. The van der Waals surface area contributed by atoms with Crippen molar-refractivity contribution in [3.63, 3.8) is 0 Å². The third-order valence-corrected chi connectivity index (χ3v) is 6.46. The first-order valence-corrected chi connectivity index (χ1v) is 11.5. The number of hydrogen-bond donors (Lipinski definition) is 8. The van der Waals surface area contributed by atoms with Crippen molar-refractivity contribution >= 4 is 24.9 Å². The standard InChI is InChI=1S/C16H24N5O12P/c1-4-7(22)9(24)11(26)15(31-4)33-34(28,29)30-2-5-8(23)10(25)14(32-5)21-3-18-6-12(21)19-16(17)20-13(6)27/h3-5,7-11,14-15,22-26H,2H2,1H3,(H,28,29)(H3,17,19,20,27)/t4-,5+,7+,8+,9+,10+,11-,14+,15-/m0/s1. The van der Waals surface area contributed by atoms with Crippen LogP contribution < -0.4 is 11.3 Å². The number of anilines is 1. The second-order valence-corrected chi connectivity index (χ2v) is 9.28. The highest BCUT2D eigenvalue weighted by atomic mass is 31.2. The molecule has 2 fully saturated rings. The van der Waals surface area contributed by atoms with Gasteiger partial charge in [0, 0.05) is 0 Å². The third kappa shape index (κ3) is 4.60. The Labute approximate surface area is 189 Å². The fraction of sp³-hybridized carbons (Fsp3) is 0.688. The monoisotopic (exact) mass is 509 g/mol. The fourth-order valence-corrected chi connectivity index (χ4v) is 4.49. The third-order valence-electron chi connectivity index (χ3n) is 5.51. The molecule has 18 heteroatoms. The molecule has 0 aliphatic carbocycles. The number of H-pyrrole nitrogens is 1. The molecule has 0 bridgehead atoms. The van der Waals surface area contributed by atoms with Crippen LogP contribution in [0.2, 0.25) is 0 Å². The lowest BCUT2D eigenvalue weighted by molar-refractivity contribution is -0.272. The molecule has 17 nitrogen and oxygen atoms in total. The number of fused-ring (bicyclic) bond motifs is 1. The van der Waals surface area contributed by atoms with Crippen molar-refractivity contribution < 1.29 is 53.5 Å². The van der Waals surface area contributed by atoms with Crippen molar-refractivity contribution in [1.82, 2.24) is 19.5 Å². The van der Waals surface area contributed by atoms with E-state index in [1.165, 1.54) is 6.92 Å². The van der Waals surface area contributed by atoms with Gasteiger partial charge in [0.2, 0.25) is 5.95 Å². The molecule has 10 atom stereocenters. The lowest BCUT2D eigenvalue weighted by Gasteiger charge is -2.39. The molecule has 0 aromatic carbocycles. The topological polar surface area (TPSA) is 265 Å². The smallest absolute Gasteiger partial charge is 0.388 e. The van der Waals surface area contributed by atoms with Crippen molar-refractivity contribution in [1.29, 1.82) is 0 Å². The highest BCUT2D eigenvalue weighted by Crippen LogP contribution is 2.47. The number of phosphoric ester groups is 1. The summed E-state index contributed by atoms with van der Waals surface area (Å²) >= 11 is 0. The first-order chi connectivity index (χ1) is 15.9. The number of aromatic amines is 1. The Morgan fingerprint density at radius 3 is 2.56 bits per heavy atom. The lowest BCUT2D eigenvalue weighted by atomic mass is 10.0. The van der Waals surface area contributed by atoms with Gasteiger partial charge in [0.1, 0.15) is 36.6 Å². The molecular formula is C16H24N5O12P. The molecular weight excluding hydrogens is 485 g/mol. The highest BCUT2D eigenvalue weighted by Gasteiger charge is 2.48. The average molecular weight is 509 g/mol. The summed E-state index contributed by atoms with van der Waals surface area (Å²) in [5.41, 5.74) is 4.77. The van der Waals surface area contributed by atoms with Gasteiger partial charge < -0.3 is 45.6 Å². The second kappa shape index (κ2) is 9.21. The molecule has 34 heavy (non-hydrogen) atoms. The van der Waals surface area contributed by atoms with E-state index in [-0.39, 0.29) is 17.1 Å². The lowest BCUT2D eigenvalue weighted by Crippen LogP contribution is -2.57. The first-order valence-electron chi connectivity index (χ1n) is 9.99. The largest absolute Gasteiger partial charge is 0.474 e. The van der Waals surface area contributed by atoms with E-state index in [1.807, 2.05) is 0 Å². The molecule has 0 saturated carbocycles. The maximum absolute atomic E-state index is 12.3. The minimum atomic E-state index is -4.95. The Morgan fingerprint density at radius 2 is 1.85 bits per heavy atom. The maximum atomic E-state index is 12.3. The van der Waals surface area contributed by atoms with E-state index in [9.17, 15) is 39.8 Å². The zero-order valence-corrected chi connectivity index (χ0v) is 18.4. The number of aliphatic hydroxyl groups is 5. The number of aromatic nitrogens is 4. The van der Waals surface area contributed by atoms with Crippen molar-refractivity contribution in [3.8, 4) is 0 Å². The summed E-state index contributed by atoms with van der Waals surface area (Å²) in [6, 6.07) is 0. The predicted octanol–water partition coefficient (Wildman–Crippen LogP) is -3.72. The van der Waals surface area contributed by atoms with Gasteiger partial charge >= 0.3 is 7.82 Å². The van der Waals surface area contributed by atoms with Crippen molar-refractivity contribution in [2.45, 2.75) is 62.2 Å². The number of phosphoric acid groups is 1. The molecule has 9 N–H and O–H groups in total. The van der Waals surface area contributed by atoms with Crippen LogP contribution in [0.1, 0.15) is 13.2 Å². The van der Waals surface area contributed by atoms with Crippen LogP contribution in [0, 0.1) is 0 Å². The summed E-state index contributed by atoms with van der Waals surface area (Å²) < 4.78 is 33.7. The summed E-state index contributed by atoms with van der Waals surface area (Å²) in [5, 5.41) is 50.1. The number of nitrogen functional groups attached to an aromatic ring is 1. The zero-order valence-electron chi connectivity index (χ0n) is 17.5. The van der Waals surface area contributed by atoms with E-state index in [1.54, 1.807) is 0 Å². The summed E-state index contributed by atoms with van der Waals surface area (Å²) in [6.45, 7) is 0.592. The average Bonchev–Trinajstić information content (AvgIpc) is 3.30. The van der Waals surface area contributed by atoms with Gasteiger partial charge in [0.05, 0.1) is 19.0 Å². The number of aliphatic hydroxyl groups excluding tert-OH is 5. The summed E-state index contributed by atoms with van der Waals surface area (Å²) in [5.74, 6) is -0.218. The van der Waals surface area contributed by atoms with Gasteiger partial charge in [0.15, 0.2) is 23.7 Å². The van der Waals surface area contributed by atoms with Gasteiger partial charge in [-0.2, -0.15) is 4.98 Å². The molecule has 2 aliphatic rings. The number of rotatable bonds is 6. The van der Waals surface area contributed by atoms with Crippen LogP contribution in [0.25, 0.3) is 11.2 Å². The number of nitrogens with one attached hydrogen (secondary N) is 1. The second-order valence-electron chi connectivity index (χ2n) is 7.87. The Kier molecular flexibility index (Phi) is 6.80. The van der Waals surface area contributed by atoms with Gasteiger partial charge in [0.25, 0.3) is 5.56 Å². The molecule has 2 aliphatic heterocycles. The van der Waals surface area contributed by atoms with E-state index in [0.717, 1.165) is 10.9 Å². The summed E-state index contributed by atoms with van der Waals surface area (Å²) in [7, 11) is -4.95. The predicted molar refractivity (Wildman–Crippen MR) is 108 cm³/mol. The van der Waals surface area contributed by atoms with Gasteiger partial charge in [-0.1, -0.05) is 0 Å². The minimum absolute atomic E-state index is 0.0338. The molecule has 0 radical (unpaired) electrons. The SMILES string of the molecule is C[C@@H]1O[C@@H](OP(=O)(O)OC[C@H]2O[C@@H](n3cnc4c(=O)[nH]c(N)nc43)[C@H](O)[C@@H]2O)[C@@H](O)[C@H](O)[C@@H]1O.